The maximum atomic E-state index is 12.5. The van der Waals surface area contributed by atoms with Crippen molar-refractivity contribution in [3.8, 4) is 0 Å². The van der Waals surface area contributed by atoms with Crippen LogP contribution in [0.4, 0.5) is 0 Å². The number of amides is 1. The van der Waals surface area contributed by atoms with E-state index in [4.69, 9.17) is 0 Å². The lowest BCUT2D eigenvalue weighted by atomic mass is 10.4. The van der Waals surface area contributed by atoms with E-state index in [2.05, 4.69) is 4.40 Å². The highest BCUT2D eigenvalue weighted by atomic mass is 32.2. The number of carbonyl (C=O) groups excluding carboxylic acids is 1. The Hall–Kier alpha value is -1.90. The van der Waals surface area contributed by atoms with Gasteiger partial charge in [-0.2, -0.15) is 8.42 Å². The third-order valence-electron chi connectivity index (χ3n) is 3.26. The molecule has 0 saturated carbocycles. The number of nitrogens with zero attached hydrogens (tertiary/aromatic N) is 2. The van der Waals surface area contributed by atoms with Crippen molar-refractivity contribution < 1.29 is 13.2 Å². The van der Waals surface area contributed by atoms with Crippen LogP contribution in [0.5, 0.6) is 0 Å². The Morgan fingerprint density at radius 1 is 1.17 bits per heavy atom. The molecule has 2 heterocycles. The number of carbonyl (C=O) groups is 1. The van der Waals surface area contributed by atoms with E-state index in [1.54, 1.807) is 31.2 Å². The van der Waals surface area contributed by atoms with Gasteiger partial charge >= 0.3 is 0 Å². The molecule has 0 atom stereocenters. The maximum Gasteiger partial charge on any atom is 0.284 e. The highest BCUT2D eigenvalue weighted by molar-refractivity contribution is 8.19. The Balaban J connectivity index is 1.97. The number of amidine groups is 1. The number of thiophene rings is 1. The standard InChI is InChI=1S/C16H14N2O3S3/c1-2-18-15(19)14(11-12-7-6-10-22-12)23-16(18)17-24(20,21)13-8-4-3-5-9-13/h3-11H,2H2,1H3. The highest BCUT2D eigenvalue weighted by Gasteiger charge is 2.34. The van der Waals surface area contributed by atoms with Gasteiger partial charge in [-0.05, 0) is 48.3 Å². The lowest BCUT2D eigenvalue weighted by Crippen LogP contribution is -2.29. The van der Waals surface area contributed by atoms with Crippen LogP contribution in [0.25, 0.3) is 6.08 Å². The summed E-state index contributed by atoms with van der Waals surface area (Å²) in [5.74, 6) is -0.224. The molecule has 1 aromatic heterocycles. The summed E-state index contributed by atoms with van der Waals surface area (Å²) < 4.78 is 28.7. The Labute approximate surface area is 148 Å². The molecule has 0 spiro atoms. The van der Waals surface area contributed by atoms with Gasteiger partial charge in [-0.15, -0.1) is 15.7 Å². The zero-order valence-electron chi connectivity index (χ0n) is 12.7. The van der Waals surface area contributed by atoms with E-state index in [-0.39, 0.29) is 16.0 Å². The van der Waals surface area contributed by atoms with Crippen molar-refractivity contribution in [2.24, 2.45) is 4.40 Å². The van der Waals surface area contributed by atoms with Gasteiger partial charge in [-0.1, -0.05) is 24.3 Å². The van der Waals surface area contributed by atoms with E-state index < -0.39 is 10.0 Å². The topological polar surface area (TPSA) is 66.8 Å². The quantitative estimate of drug-likeness (QED) is 0.765. The zero-order valence-corrected chi connectivity index (χ0v) is 15.2. The molecule has 0 bridgehead atoms. The normalized spacial score (nSPS) is 18.7. The van der Waals surface area contributed by atoms with E-state index in [0.717, 1.165) is 16.6 Å². The molecule has 0 radical (unpaired) electrons. The maximum absolute atomic E-state index is 12.5. The Morgan fingerprint density at radius 3 is 2.54 bits per heavy atom. The number of rotatable bonds is 4. The lowest BCUT2D eigenvalue weighted by molar-refractivity contribution is -0.122. The van der Waals surface area contributed by atoms with Crippen molar-refractivity contribution >= 4 is 50.3 Å². The van der Waals surface area contributed by atoms with E-state index in [0.29, 0.717) is 11.4 Å². The molecule has 24 heavy (non-hydrogen) atoms. The van der Waals surface area contributed by atoms with E-state index in [1.807, 2.05) is 17.5 Å². The number of benzene rings is 1. The SMILES string of the molecule is CCN1C(=O)C(=Cc2cccs2)SC1=NS(=O)(=O)c1ccccc1. The molecule has 1 aromatic carbocycles. The molecule has 8 heteroatoms. The second kappa shape index (κ2) is 6.92. The molecule has 0 unspecified atom stereocenters. The van der Waals surface area contributed by atoms with Crippen LogP contribution in [-0.2, 0) is 14.8 Å². The first kappa shape index (κ1) is 16.9. The number of hydrogen-bond acceptors (Lipinski definition) is 5. The minimum absolute atomic E-state index is 0.109. The molecule has 1 fully saturated rings. The molecule has 124 valence electrons. The summed E-state index contributed by atoms with van der Waals surface area (Å²) in [6, 6.07) is 11.8. The van der Waals surface area contributed by atoms with Gasteiger partial charge in [0.15, 0.2) is 5.17 Å². The lowest BCUT2D eigenvalue weighted by Gasteiger charge is -2.11. The summed E-state index contributed by atoms with van der Waals surface area (Å²) in [5, 5.41) is 2.11. The summed E-state index contributed by atoms with van der Waals surface area (Å²) >= 11 is 2.60. The fourth-order valence-corrected chi connectivity index (χ4v) is 5.09. The molecular formula is C16H14N2O3S3. The molecule has 2 aromatic rings. The molecule has 1 aliphatic heterocycles. The summed E-state index contributed by atoms with van der Waals surface area (Å²) in [6.07, 6.45) is 1.76. The van der Waals surface area contributed by atoms with Crippen LogP contribution in [-0.4, -0.2) is 30.9 Å². The summed E-state index contributed by atoms with van der Waals surface area (Å²) in [5.41, 5.74) is 0. The van der Waals surface area contributed by atoms with Gasteiger partial charge in [0.1, 0.15) is 0 Å². The fraction of sp³-hybridized carbons (Fsp3) is 0.125. The summed E-state index contributed by atoms with van der Waals surface area (Å²) in [6.45, 7) is 2.15. The van der Waals surface area contributed by atoms with Crippen molar-refractivity contribution in [2.45, 2.75) is 11.8 Å². The molecular weight excluding hydrogens is 364 g/mol. The number of likely N-dealkylation sites (N-methyl/N-ethyl adjacent to an activating group) is 1. The van der Waals surface area contributed by atoms with Crippen LogP contribution >= 0.6 is 23.1 Å². The first-order valence-corrected chi connectivity index (χ1v) is 10.3. The van der Waals surface area contributed by atoms with Gasteiger partial charge < -0.3 is 0 Å². The third kappa shape index (κ3) is 3.45. The first-order valence-electron chi connectivity index (χ1n) is 7.16. The fourth-order valence-electron chi connectivity index (χ4n) is 2.11. The third-order valence-corrected chi connectivity index (χ3v) is 6.48. The molecule has 0 aliphatic carbocycles. The van der Waals surface area contributed by atoms with Crippen molar-refractivity contribution in [1.29, 1.82) is 0 Å². The number of hydrogen-bond donors (Lipinski definition) is 0. The Bertz CT molecular complexity index is 901. The van der Waals surface area contributed by atoms with Gasteiger partial charge in [0.25, 0.3) is 15.9 Å². The van der Waals surface area contributed by atoms with Crippen molar-refractivity contribution in [3.63, 3.8) is 0 Å². The van der Waals surface area contributed by atoms with Crippen LogP contribution in [0.1, 0.15) is 11.8 Å². The van der Waals surface area contributed by atoms with Crippen molar-refractivity contribution in [1.82, 2.24) is 4.90 Å². The van der Waals surface area contributed by atoms with Crippen LogP contribution < -0.4 is 0 Å². The predicted molar refractivity (Wildman–Crippen MR) is 98.3 cm³/mol. The highest BCUT2D eigenvalue weighted by Crippen LogP contribution is 2.34. The minimum Gasteiger partial charge on any atom is -0.286 e. The first-order chi connectivity index (χ1) is 11.5. The molecule has 5 nitrogen and oxygen atoms in total. The van der Waals surface area contributed by atoms with Crippen molar-refractivity contribution in [2.75, 3.05) is 6.54 Å². The largest absolute Gasteiger partial charge is 0.286 e. The van der Waals surface area contributed by atoms with Gasteiger partial charge in [0, 0.05) is 11.4 Å². The van der Waals surface area contributed by atoms with Gasteiger partial charge in [0.05, 0.1) is 9.80 Å². The van der Waals surface area contributed by atoms with Gasteiger partial charge in [-0.25, -0.2) is 0 Å². The molecule has 1 amide bonds. The molecule has 0 N–H and O–H groups in total. The van der Waals surface area contributed by atoms with Gasteiger partial charge in [-0.3, -0.25) is 9.69 Å². The summed E-state index contributed by atoms with van der Waals surface area (Å²) in [4.78, 5) is 15.4. The van der Waals surface area contributed by atoms with E-state index >= 15 is 0 Å². The second-order valence-electron chi connectivity index (χ2n) is 4.84. The monoisotopic (exact) mass is 378 g/mol. The van der Waals surface area contributed by atoms with E-state index in [9.17, 15) is 13.2 Å². The van der Waals surface area contributed by atoms with Crippen LogP contribution in [0.3, 0.4) is 0 Å². The van der Waals surface area contributed by atoms with Crippen LogP contribution in [0.15, 0.2) is 62.0 Å². The van der Waals surface area contributed by atoms with Crippen LogP contribution in [0, 0.1) is 0 Å². The molecule has 1 aliphatic rings. The van der Waals surface area contributed by atoms with Gasteiger partial charge in [0.2, 0.25) is 0 Å². The minimum atomic E-state index is -3.85. The summed E-state index contributed by atoms with van der Waals surface area (Å²) in [7, 11) is -3.85. The average molecular weight is 379 g/mol. The molecule has 3 rings (SSSR count). The number of sulfonamides is 1. The Kier molecular flexibility index (Phi) is 4.88. The average Bonchev–Trinajstić information content (AvgIpc) is 3.17. The van der Waals surface area contributed by atoms with Crippen LogP contribution in [0.2, 0.25) is 0 Å². The number of thioether (sulfide) groups is 1. The second-order valence-corrected chi connectivity index (χ2v) is 8.43. The Morgan fingerprint density at radius 2 is 1.92 bits per heavy atom. The van der Waals surface area contributed by atoms with Crippen molar-refractivity contribution in [3.05, 3.63) is 57.6 Å². The van der Waals surface area contributed by atoms with E-state index in [1.165, 1.54) is 28.4 Å². The molecule has 1 saturated heterocycles. The zero-order chi connectivity index (χ0) is 17.2. The smallest absolute Gasteiger partial charge is 0.284 e. The predicted octanol–water partition coefficient (Wildman–Crippen LogP) is 3.43.